The molecule has 2 heterocycles. The first-order chi connectivity index (χ1) is 11.4. The highest BCUT2D eigenvalue weighted by molar-refractivity contribution is 7.89. The Hall–Kier alpha value is -1.83. The van der Waals surface area contributed by atoms with Crippen molar-refractivity contribution in [3.63, 3.8) is 0 Å². The van der Waals surface area contributed by atoms with Gasteiger partial charge in [-0.3, -0.25) is 14.7 Å². The lowest BCUT2D eigenvalue weighted by Gasteiger charge is -2.38. The molecule has 1 fully saturated rings. The second kappa shape index (κ2) is 6.58. The molecule has 1 aliphatic heterocycles. The summed E-state index contributed by atoms with van der Waals surface area (Å²) in [4.78, 5) is 17.5. The van der Waals surface area contributed by atoms with Crippen molar-refractivity contribution in [3.05, 3.63) is 43.6 Å². The highest BCUT2D eigenvalue weighted by Crippen LogP contribution is 2.23. The molecule has 1 unspecified atom stereocenters. The van der Waals surface area contributed by atoms with Gasteiger partial charge in [0.05, 0.1) is 11.4 Å². The Balaban J connectivity index is 1.83. The van der Waals surface area contributed by atoms with Gasteiger partial charge in [-0.05, 0) is 30.5 Å². The summed E-state index contributed by atoms with van der Waals surface area (Å²) >= 11 is 0. The number of fused-ring (bicyclic) bond motifs is 1. The summed E-state index contributed by atoms with van der Waals surface area (Å²) < 4.78 is 27.3. The van der Waals surface area contributed by atoms with E-state index in [1.54, 1.807) is 30.6 Å². The molecule has 1 aromatic carbocycles. The second-order valence-electron chi connectivity index (χ2n) is 6.11. The summed E-state index contributed by atoms with van der Waals surface area (Å²) in [7, 11) is -3.56. The SMILES string of the molecule is [CH2]C(=O)CN1CCN(S(=O)(=O)c2ccc3ccncc3c2)CC1C. The number of hydrogen-bond acceptors (Lipinski definition) is 5. The molecule has 0 saturated carbocycles. The number of carbonyl (C=O) groups excluding carboxylic acids is 1. The summed E-state index contributed by atoms with van der Waals surface area (Å²) in [5, 5.41) is 1.75. The Bertz CT molecular complexity index is 866. The molecule has 6 nitrogen and oxygen atoms in total. The molecule has 1 radical (unpaired) electrons. The zero-order chi connectivity index (χ0) is 17.3. The number of hydrogen-bond donors (Lipinski definition) is 0. The van der Waals surface area contributed by atoms with E-state index in [0.29, 0.717) is 19.6 Å². The first kappa shape index (κ1) is 17.0. The molecule has 1 aliphatic rings. The molecule has 3 rings (SSSR count). The Labute approximate surface area is 142 Å². The van der Waals surface area contributed by atoms with Crippen molar-refractivity contribution in [1.82, 2.24) is 14.2 Å². The van der Waals surface area contributed by atoms with Crippen LogP contribution in [0.5, 0.6) is 0 Å². The number of nitrogens with zero attached hydrogens (tertiary/aromatic N) is 3. The number of ketones is 1. The van der Waals surface area contributed by atoms with Crippen molar-refractivity contribution < 1.29 is 13.2 Å². The molecule has 0 bridgehead atoms. The normalized spacial score (nSPS) is 20.3. The van der Waals surface area contributed by atoms with Gasteiger partial charge in [0.2, 0.25) is 10.0 Å². The van der Waals surface area contributed by atoms with E-state index in [0.717, 1.165) is 10.8 Å². The fourth-order valence-electron chi connectivity index (χ4n) is 3.01. The molecule has 24 heavy (non-hydrogen) atoms. The summed E-state index contributed by atoms with van der Waals surface area (Å²) in [6.45, 7) is 6.83. The maximum absolute atomic E-state index is 12.9. The number of pyridine rings is 1. The predicted molar refractivity (Wildman–Crippen MR) is 91.9 cm³/mol. The van der Waals surface area contributed by atoms with Crippen molar-refractivity contribution in [3.8, 4) is 0 Å². The van der Waals surface area contributed by atoms with Crippen LogP contribution in [-0.2, 0) is 14.8 Å². The first-order valence-corrected chi connectivity index (χ1v) is 9.25. The van der Waals surface area contributed by atoms with Crippen LogP contribution in [0.15, 0.2) is 41.6 Å². The van der Waals surface area contributed by atoms with Gasteiger partial charge in [-0.15, -0.1) is 0 Å². The van der Waals surface area contributed by atoms with E-state index in [-0.39, 0.29) is 23.3 Å². The summed E-state index contributed by atoms with van der Waals surface area (Å²) in [5.41, 5.74) is 0. The minimum absolute atomic E-state index is 0.0265. The third-order valence-corrected chi connectivity index (χ3v) is 6.22. The minimum atomic E-state index is -3.56. The molecule has 127 valence electrons. The Morgan fingerprint density at radius 3 is 2.79 bits per heavy atom. The van der Waals surface area contributed by atoms with E-state index in [2.05, 4.69) is 11.9 Å². The summed E-state index contributed by atoms with van der Waals surface area (Å²) in [6, 6.07) is 6.91. The third-order valence-electron chi connectivity index (χ3n) is 4.36. The molecule has 1 saturated heterocycles. The minimum Gasteiger partial charge on any atom is -0.298 e. The molecule has 0 spiro atoms. The zero-order valence-corrected chi connectivity index (χ0v) is 14.4. The lowest BCUT2D eigenvalue weighted by molar-refractivity contribution is -0.116. The van der Waals surface area contributed by atoms with Gasteiger partial charge >= 0.3 is 0 Å². The molecular weight excluding hydrogens is 326 g/mol. The van der Waals surface area contributed by atoms with Crippen LogP contribution in [0.4, 0.5) is 0 Å². The first-order valence-electron chi connectivity index (χ1n) is 7.81. The Kier molecular flexibility index (Phi) is 4.67. The van der Waals surface area contributed by atoms with Gasteiger partial charge in [0.15, 0.2) is 0 Å². The number of aromatic nitrogens is 1. The van der Waals surface area contributed by atoms with Crippen molar-refractivity contribution in [2.75, 3.05) is 26.2 Å². The Morgan fingerprint density at radius 2 is 2.08 bits per heavy atom. The van der Waals surface area contributed by atoms with E-state index in [1.165, 1.54) is 4.31 Å². The quantitative estimate of drug-likeness (QED) is 0.835. The van der Waals surface area contributed by atoms with Gasteiger partial charge in [0, 0.05) is 50.4 Å². The third kappa shape index (κ3) is 3.33. The van der Waals surface area contributed by atoms with E-state index in [4.69, 9.17) is 0 Å². The van der Waals surface area contributed by atoms with Gasteiger partial charge < -0.3 is 0 Å². The maximum Gasteiger partial charge on any atom is 0.243 e. The largest absolute Gasteiger partial charge is 0.298 e. The van der Waals surface area contributed by atoms with E-state index in [9.17, 15) is 13.2 Å². The van der Waals surface area contributed by atoms with Crippen molar-refractivity contribution >= 4 is 26.6 Å². The van der Waals surface area contributed by atoms with Gasteiger partial charge in [-0.1, -0.05) is 6.07 Å². The highest BCUT2D eigenvalue weighted by atomic mass is 32.2. The van der Waals surface area contributed by atoms with Crippen LogP contribution >= 0.6 is 0 Å². The van der Waals surface area contributed by atoms with Crippen molar-refractivity contribution in [1.29, 1.82) is 0 Å². The fraction of sp³-hybridized carbons (Fsp3) is 0.353. The monoisotopic (exact) mass is 346 g/mol. The fourth-order valence-corrected chi connectivity index (χ4v) is 4.56. The Morgan fingerprint density at radius 1 is 1.29 bits per heavy atom. The van der Waals surface area contributed by atoms with Gasteiger partial charge in [0.1, 0.15) is 5.78 Å². The van der Waals surface area contributed by atoms with Crippen molar-refractivity contribution in [2.24, 2.45) is 0 Å². The average molecular weight is 346 g/mol. The maximum atomic E-state index is 12.9. The predicted octanol–water partition coefficient (Wildman–Crippen LogP) is 1.33. The van der Waals surface area contributed by atoms with Crippen LogP contribution in [0.2, 0.25) is 0 Å². The van der Waals surface area contributed by atoms with Crippen molar-refractivity contribution in [2.45, 2.75) is 17.9 Å². The molecule has 1 aromatic heterocycles. The van der Waals surface area contributed by atoms with Crippen LogP contribution in [-0.4, -0.2) is 60.6 Å². The molecule has 0 N–H and O–H groups in total. The highest BCUT2D eigenvalue weighted by Gasteiger charge is 2.32. The molecule has 1 atom stereocenters. The number of benzene rings is 1. The van der Waals surface area contributed by atoms with E-state index < -0.39 is 10.0 Å². The van der Waals surface area contributed by atoms with Gasteiger partial charge in [-0.2, -0.15) is 4.31 Å². The number of carbonyl (C=O) groups is 1. The number of sulfonamides is 1. The summed E-state index contributed by atoms with van der Waals surface area (Å²) in [6.07, 6.45) is 3.34. The average Bonchev–Trinajstić information content (AvgIpc) is 2.55. The zero-order valence-electron chi connectivity index (χ0n) is 13.6. The van der Waals surface area contributed by atoms with Gasteiger partial charge in [-0.25, -0.2) is 8.42 Å². The smallest absolute Gasteiger partial charge is 0.243 e. The molecule has 0 aliphatic carbocycles. The number of piperazine rings is 1. The summed E-state index contributed by atoms with van der Waals surface area (Å²) in [5.74, 6) is -0.153. The van der Waals surface area contributed by atoms with Gasteiger partial charge in [0.25, 0.3) is 0 Å². The van der Waals surface area contributed by atoms with Crippen LogP contribution in [0.25, 0.3) is 10.8 Å². The second-order valence-corrected chi connectivity index (χ2v) is 8.04. The standard InChI is InChI=1S/C17H20N3O3S/c1-13-11-20(8-7-19(13)12-14(2)21)24(22,23)17-4-3-15-5-6-18-10-16(15)9-17/h3-6,9-10,13H,2,7-8,11-12H2,1H3. The lowest BCUT2D eigenvalue weighted by atomic mass is 10.2. The lowest BCUT2D eigenvalue weighted by Crippen LogP contribution is -2.54. The van der Waals surface area contributed by atoms with Crippen LogP contribution in [0, 0.1) is 6.92 Å². The van der Waals surface area contributed by atoms with E-state index >= 15 is 0 Å². The molecule has 0 amide bonds. The van der Waals surface area contributed by atoms with Crippen LogP contribution in [0.1, 0.15) is 6.92 Å². The molecular formula is C17H20N3O3S. The number of Topliss-reactive ketones (excluding diaryl/α,β-unsaturated/α-hetero) is 1. The molecule has 7 heteroatoms. The van der Waals surface area contributed by atoms with Crippen LogP contribution in [0.3, 0.4) is 0 Å². The molecule has 2 aromatic rings. The topological polar surface area (TPSA) is 70.6 Å². The van der Waals surface area contributed by atoms with E-state index in [1.807, 2.05) is 17.9 Å². The van der Waals surface area contributed by atoms with Crippen LogP contribution < -0.4 is 0 Å². The number of rotatable bonds is 4.